The zero-order valence-corrected chi connectivity index (χ0v) is 11.3. The van der Waals surface area contributed by atoms with E-state index in [2.05, 4.69) is 17.1 Å². The molecule has 3 heteroatoms. The van der Waals surface area contributed by atoms with Gasteiger partial charge in [-0.3, -0.25) is 4.90 Å². The van der Waals surface area contributed by atoms with Crippen LogP contribution in [0.2, 0.25) is 0 Å². The molecule has 100 valence electrons. The van der Waals surface area contributed by atoms with Gasteiger partial charge in [-0.1, -0.05) is 19.8 Å². The van der Waals surface area contributed by atoms with Gasteiger partial charge in [-0.05, 0) is 32.2 Å². The van der Waals surface area contributed by atoms with Gasteiger partial charge in [-0.2, -0.15) is 0 Å². The fourth-order valence-corrected chi connectivity index (χ4v) is 3.18. The summed E-state index contributed by atoms with van der Waals surface area (Å²) in [4.78, 5) is 2.67. The Morgan fingerprint density at radius 1 is 1.12 bits per heavy atom. The number of hydrogen-bond donors (Lipinski definition) is 1. The van der Waals surface area contributed by atoms with Gasteiger partial charge in [-0.25, -0.2) is 0 Å². The molecule has 0 amide bonds. The average molecular weight is 240 g/mol. The fourth-order valence-electron chi connectivity index (χ4n) is 3.18. The van der Waals surface area contributed by atoms with Crippen molar-refractivity contribution in [2.45, 2.75) is 57.5 Å². The van der Waals surface area contributed by atoms with Gasteiger partial charge in [0.15, 0.2) is 0 Å². The Hall–Kier alpha value is -0.120. The maximum atomic E-state index is 5.38. The molecule has 17 heavy (non-hydrogen) atoms. The first-order chi connectivity index (χ1) is 8.40. The lowest BCUT2D eigenvalue weighted by Gasteiger charge is -2.29. The number of hydrogen-bond acceptors (Lipinski definition) is 3. The van der Waals surface area contributed by atoms with Crippen LogP contribution in [-0.4, -0.2) is 49.8 Å². The summed E-state index contributed by atoms with van der Waals surface area (Å²) in [5.41, 5.74) is 0. The predicted octanol–water partition coefficient (Wildman–Crippen LogP) is 2.02. The molecule has 0 aromatic carbocycles. The van der Waals surface area contributed by atoms with Gasteiger partial charge in [0.2, 0.25) is 0 Å². The summed E-state index contributed by atoms with van der Waals surface area (Å²) >= 11 is 0. The quantitative estimate of drug-likeness (QED) is 0.769. The van der Waals surface area contributed by atoms with Crippen molar-refractivity contribution in [3.8, 4) is 0 Å². The van der Waals surface area contributed by atoms with Crippen LogP contribution >= 0.6 is 0 Å². The molecule has 3 nitrogen and oxygen atoms in total. The Bertz CT molecular complexity index is 198. The average Bonchev–Trinajstić information content (AvgIpc) is 2.90. The number of nitrogens with zero attached hydrogens (tertiary/aromatic N) is 1. The first-order valence-electron chi connectivity index (χ1n) is 7.45. The van der Waals surface area contributed by atoms with Crippen LogP contribution in [-0.2, 0) is 4.74 Å². The zero-order valence-electron chi connectivity index (χ0n) is 11.3. The van der Waals surface area contributed by atoms with Crippen LogP contribution in [0.1, 0.15) is 45.4 Å². The first-order valence-corrected chi connectivity index (χ1v) is 7.45. The Morgan fingerprint density at radius 2 is 1.82 bits per heavy atom. The van der Waals surface area contributed by atoms with E-state index in [0.29, 0.717) is 6.04 Å². The Balaban J connectivity index is 1.61. The minimum absolute atomic E-state index is 0.700. The van der Waals surface area contributed by atoms with E-state index in [-0.39, 0.29) is 0 Å². The van der Waals surface area contributed by atoms with E-state index >= 15 is 0 Å². The number of rotatable bonds is 6. The molecular weight excluding hydrogens is 212 g/mol. The summed E-state index contributed by atoms with van der Waals surface area (Å²) in [6.45, 7) is 7.76. The van der Waals surface area contributed by atoms with E-state index in [4.69, 9.17) is 4.74 Å². The molecule has 2 rings (SSSR count). The highest BCUT2D eigenvalue weighted by Crippen LogP contribution is 2.22. The highest BCUT2D eigenvalue weighted by Gasteiger charge is 2.21. The van der Waals surface area contributed by atoms with Gasteiger partial charge in [0.1, 0.15) is 0 Å². The van der Waals surface area contributed by atoms with Crippen LogP contribution < -0.4 is 5.32 Å². The summed E-state index contributed by atoms with van der Waals surface area (Å²) in [6, 6.07) is 1.57. The van der Waals surface area contributed by atoms with E-state index in [9.17, 15) is 0 Å². The summed E-state index contributed by atoms with van der Waals surface area (Å²) in [6.07, 6.45) is 8.10. The van der Waals surface area contributed by atoms with Gasteiger partial charge in [0.25, 0.3) is 0 Å². The lowest BCUT2D eigenvalue weighted by molar-refractivity contribution is 0.0767. The molecule has 1 aliphatic carbocycles. The number of likely N-dealkylation sites (N-methyl/N-ethyl adjacent to an activating group) is 1. The van der Waals surface area contributed by atoms with Gasteiger partial charge in [-0.15, -0.1) is 0 Å². The summed E-state index contributed by atoms with van der Waals surface area (Å²) in [5, 5.41) is 3.69. The van der Waals surface area contributed by atoms with Crippen molar-refractivity contribution in [3.63, 3.8) is 0 Å². The SMILES string of the molecule is CCN(CCNC1CCOCC1)C1CCCC1. The van der Waals surface area contributed by atoms with E-state index in [1.807, 2.05) is 0 Å². The highest BCUT2D eigenvalue weighted by molar-refractivity contribution is 4.78. The van der Waals surface area contributed by atoms with Crippen LogP contribution in [0, 0.1) is 0 Å². The van der Waals surface area contributed by atoms with E-state index < -0.39 is 0 Å². The summed E-state index contributed by atoms with van der Waals surface area (Å²) in [5.74, 6) is 0. The molecule has 0 atom stereocenters. The zero-order chi connectivity index (χ0) is 11.9. The molecule has 1 aliphatic heterocycles. The topological polar surface area (TPSA) is 24.5 Å². The Kier molecular flexibility index (Phi) is 5.75. The minimum Gasteiger partial charge on any atom is -0.381 e. The van der Waals surface area contributed by atoms with Gasteiger partial charge in [0, 0.05) is 38.4 Å². The van der Waals surface area contributed by atoms with Crippen LogP contribution in [0.25, 0.3) is 0 Å². The van der Waals surface area contributed by atoms with E-state index in [1.165, 1.54) is 51.6 Å². The van der Waals surface area contributed by atoms with Crippen LogP contribution in [0.15, 0.2) is 0 Å². The molecule has 0 aromatic rings. The monoisotopic (exact) mass is 240 g/mol. The maximum absolute atomic E-state index is 5.38. The molecule has 0 bridgehead atoms. The van der Waals surface area contributed by atoms with Gasteiger partial charge in [0.05, 0.1) is 0 Å². The molecule has 1 saturated heterocycles. The lowest BCUT2D eigenvalue weighted by atomic mass is 10.1. The van der Waals surface area contributed by atoms with Crippen molar-refractivity contribution in [3.05, 3.63) is 0 Å². The van der Waals surface area contributed by atoms with Crippen LogP contribution in [0.4, 0.5) is 0 Å². The van der Waals surface area contributed by atoms with Gasteiger partial charge < -0.3 is 10.1 Å². The molecule has 0 spiro atoms. The van der Waals surface area contributed by atoms with Crippen LogP contribution in [0.3, 0.4) is 0 Å². The van der Waals surface area contributed by atoms with Crippen molar-refractivity contribution in [1.29, 1.82) is 0 Å². The fraction of sp³-hybridized carbons (Fsp3) is 1.00. The van der Waals surface area contributed by atoms with E-state index in [0.717, 1.165) is 25.8 Å². The third-order valence-electron chi connectivity index (χ3n) is 4.30. The molecule has 2 aliphatic rings. The lowest BCUT2D eigenvalue weighted by Crippen LogP contribution is -2.42. The second-order valence-corrected chi connectivity index (χ2v) is 5.41. The molecular formula is C14H28N2O. The number of ether oxygens (including phenoxy) is 1. The molecule has 0 aromatic heterocycles. The Labute approximate surface area is 106 Å². The van der Waals surface area contributed by atoms with Crippen molar-refractivity contribution >= 4 is 0 Å². The molecule has 0 unspecified atom stereocenters. The molecule has 1 N–H and O–H groups in total. The standard InChI is InChI=1S/C14H28N2O/c1-2-16(14-5-3-4-6-14)10-9-15-13-7-11-17-12-8-13/h13-15H,2-12H2,1H3. The molecule has 1 heterocycles. The second kappa shape index (κ2) is 7.34. The molecule has 1 saturated carbocycles. The van der Waals surface area contributed by atoms with Crippen molar-refractivity contribution in [2.75, 3.05) is 32.8 Å². The largest absolute Gasteiger partial charge is 0.381 e. The van der Waals surface area contributed by atoms with Gasteiger partial charge >= 0.3 is 0 Å². The molecule has 2 fully saturated rings. The smallest absolute Gasteiger partial charge is 0.0480 e. The van der Waals surface area contributed by atoms with Crippen molar-refractivity contribution < 1.29 is 4.74 Å². The van der Waals surface area contributed by atoms with Crippen LogP contribution in [0.5, 0.6) is 0 Å². The highest BCUT2D eigenvalue weighted by atomic mass is 16.5. The molecule has 0 radical (unpaired) electrons. The summed E-state index contributed by atoms with van der Waals surface area (Å²) in [7, 11) is 0. The second-order valence-electron chi connectivity index (χ2n) is 5.41. The normalized spacial score (nSPS) is 23.6. The minimum atomic E-state index is 0.700. The third-order valence-corrected chi connectivity index (χ3v) is 4.30. The first kappa shape index (κ1) is 13.3. The predicted molar refractivity (Wildman–Crippen MR) is 71.3 cm³/mol. The summed E-state index contributed by atoms with van der Waals surface area (Å²) < 4.78 is 5.38. The maximum Gasteiger partial charge on any atom is 0.0480 e. The number of nitrogens with one attached hydrogen (secondary N) is 1. The Morgan fingerprint density at radius 3 is 2.47 bits per heavy atom. The van der Waals surface area contributed by atoms with Crippen molar-refractivity contribution in [1.82, 2.24) is 10.2 Å². The third kappa shape index (κ3) is 4.23. The van der Waals surface area contributed by atoms with Crippen molar-refractivity contribution in [2.24, 2.45) is 0 Å². The van der Waals surface area contributed by atoms with E-state index in [1.54, 1.807) is 0 Å².